The number of aliphatic hydroxyl groups is 1. The molecule has 0 fully saturated rings. The highest BCUT2D eigenvalue weighted by atomic mass is 32.2. The zero-order valence-electron chi connectivity index (χ0n) is 5.14. The first kappa shape index (κ1) is 9.41. The first-order chi connectivity index (χ1) is 4.52. The van der Waals surface area contributed by atoms with Gasteiger partial charge in [-0.05, 0) is 6.08 Å². The summed E-state index contributed by atoms with van der Waals surface area (Å²) >= 11 is 0. The predicted octanol–water partition coefficient (Wildman–Crippen LogP) is -0.727. The van der Waals surface area contributed by atoms with Crippen molar-refractivity contribution in [3.63, 3.8) is 0 Å². The largest absolute Gasteiger partial charge is 0.516 e. The Bertz CT molecular complexity index is 207. The van der Waals surface area contributed by atoms with Crippen molar-refractivity contribution < 1.29 is 18.1 Å². The standard InChI is InChI=1S/C4H9NO4S/c5-3-4(1-2-6)10(7,8)9/h1-2,4,6H,3,5H2,(H,7,8,9). The van der Waals surface area contributed by atoms with Gasteiger partial charge in [0, 0.05) is 6.54 Å². The highest BCUT2D eigenvalue weighted by molar-refractivity contribution is 7.86. The molecule has 0 aromatic heterocycles. The van der Waals surface area contributed by atoms with Crippen molar-refractivity contribution in [2.45, 2.75) is 5.25 Å². The van der Waals surface area contributed by atoms with E-state index in [1.54, 1.807) is 0 Å². The van der Waals surface area contributed by atoms with Gasteiger partial charge in [-0.25, -0.2) is 0 Å². The maximum Gasteiger partial charge on any atom is 0.272 e. The van der Waals surface area contributed by atoms with Gasteiger partial charge in [0.2, 0.25) is 0 Å². The second kappa shape index (κ2) is 3.55. The second-order valence-corrected chi connectivity index (χ2v) is 3.27. The number of aliphatic hydroxyl groups excluding tert-OH is 1. The van der Waals surface area contributed by atoms with E-state index in [1.165, 1.54) is 0 Å². The fourth-order valence-corrected chi connectivity index (χ4v) is 0.907. The maximum atomic E-state index is 10.3. The van der Waals surface area contributed by atoms with Crippen LogP contribution in [0, 0.1) is 0 Å². The van der Waals surface area contributed by atoms with Crippen LogP contribution in [0.15, 0.2) is 12.3 Å². The molecule has 1 unspecified atom stereocenters. The minimum absolute atomic E-state index is 0.254. The van der Waals surface area contributed by atoms with Gasteiger partial charge in [-0.1, -0.05) is 0 Å². The Kier molecular flexibility index (Phi) is 3.34. The van der Waals surface area contributed by atoms with E-state index in [2.05, 4.69) is 0 Å². The molecule has 6 heteroatoms. The summed E-state index contributed by atoms with van der Waals surface area (Å²) in [4.78, 5) is 0. The summed E-state index contributed by atoms with van der Waals surface area (Å²) in [5, 5.41) is 6.91. The molecule has 5 nitrogen and oxygen atoms in total. The summed E-state index contributed by atoms with van der Waals surface area (Å²) in [6, 6.07) is 0. The minimum atomic E-state index is -4.15. The lowest BCUT2D eigenvalue weighted by molar-refractivity contribution is 0.460. The van der Waals surface area contributed by atoms with Crippen molar-refractivity contribution in [3.8, 4) is 0 Å². The minimum Gasteiger partial charge on any atom is -0.516 e. The summed E-state index contributed by atoms with van der Waals surface area (Å²) in [6.07, 6.45) is 1.43. The lowest BCUT2D eigenvalue weighted by Crippen LogP contribution is -2.27. The molecule has 0 aromatic carbocycles. The molecule has 0 rings (SSSR count). The summed E-state index contributed by atoms with van der Waals surface area (Å²) < 4.78 is 28.9. The fraction of sp³-hybridized carbons (Fsp3) is 0.500. The molecule has 0 aliphatic rings. The number of hydrogen-bond acceptors (Lipinski definition) is 4. The molecule has 10 heavy (non-hydrogen) atoms. The molecule has 0 saturated carbocycles. The van der Waals surface area contributed by atoms with Crippen LogP contribution in [0.25, 0.3) is 0 Å². The lowest BCUT2D eigenvalue weighted by Gasteiger charge is -2.02. The van der Waals surface area contributed by atoms with E-state index < -0.39 is 15.4 Å². The normalized spacial score (nSPS) is 15.8. The van der Waals surface area contributed by atoms with Crippen LogP contribution >= 0.6 is 0 Å². The third-order valence-electron chi connectivity index (χ3n) is 0.916. The molecule has 0 amide bonds. The molecular formula is C4H9NO4S. The maximum absolute atomic E-state index is 10.3. The van der Waals surface area contributed by atoms with Crippen molar-refractivity contribution in [2.24, 2.45) is 5.73 Å². The third kappa shape index (κ3) is 2.81. The topological polar surface area (TPSA) is 101 Å². The van der Waals surface area contributed by atoms with Crippen LogP contribution in [0.3, 0.4) is 0 Å². The van der Waals surface area contributed by atoms with Gasteiger partial charge in [0.25, 0.3) is 10.1 Å². The van der Waals surface area contributed by atoms with E-state index in [-0.39, 0.29) is 6.54 Å². The van der Waals surface area contributed by atoms with Crippen LogP contribution in [0.2, 0.25) is 0 Å². The Morgan fingerprint density at radius 2 is 2.10 bits per heavy atom. The smallest absolute Gasteiger partial charge is 0.272 e. The Hall–Kier alpha value is -0.590. The molecule has 0 saturated heterocycles. The molecule has 0 bridgehead atoms. The number of rotatable bonds is 3. The van der Waals surface area contributed by atoms with Crippen LogP contribution in [0.1, 0.15) is 0 Å². The zero-order chi connectivity index (χ0) is 8.20. The van der Waals surface area contributed by atoms with Crippen molar-refractivity contribution in [1.29, 1.82) is 0 Å². The van der Waals surface area contributed by atoms with E-state index in [9.17, 15) is 8.42 Å². The van der Waals surface area contributed by atoms with Gasteiger partial charge in [-0.15, -0.1) is 0 Å². The second-order valence-electron chi connectivity index (χ2n) is 1.63. The van der Waals surface area contributed by atoms with Crippen LogP contribution in [0.4, 0.5) is 0 Å². The summed E-state index contributed by atoms with van der Waals surface area (Å²) in [5.74, 6) is 0. The lowest BCUT2D eigenvalue weighted by atomic mass is 10.4. The first-order valence-electron chi connectivity index (χ1n) is 2.49. The van der Waals surface area contributed by atoms with E-state index in [1.807, 2.05) is 0 Å². The first-order valence-corrected chi connectivity index (χ1v) is 4.00. The van der Waals surface area contributed by atoms with Crippen LogP contribution < -0.4 is 5.73 Å². The van der Waals surface area contributed by atoms with Gasteiger partial charge in [0.1, 0.15) is 5.25 Å². The zero-order valence-corrected chi connectivity index (χ0v) is 5.95. The molecular weight excluding hydrogens is 158 g/mol. The van der Waals surface area contributed by atoms with Gasteiger partial charge in [-0.2, -0.15) is 8.42 Å². The highest BCUT2D eigenvalue weighted by Crippen LogP contribution is 1.96. The van der Waals surface area contributed by atoms with E-state index >= 15 is 0 Å². The Morgan fingerprint density at radius 1 is 1.60 bits per heavy atom. The Labute approximate surface area is 58.9 Å². The quantitative estimate of drug-likeness (QED) is 0.380. The van der Waals surface area contributed by atoms with E-state index in [0.29, 0.717) is 6.26 Å². The third-order valence-corrected chi connectivity index (χ3v) is 2.03. The van der Waals surface area contributed by atoms with Gasteiger partial charge in [0.15, 0.2) is 0 Å². The van der Waals surface area contributed by atoms with Crippen LogP contribution in [0.5, 0.6) is 0 Å². The Balaban J connectivity index is 4.38. The molecule has 0 aliphatic heterocycles. The van der Waals surface area contributed by atoms with Crippen LogP contribution in [-0.4, -0.2) is 29.9 Å². The molecule has 0 heterocycles. The summed E-state index contributed by atoms with van der Waals surface area (Å²) in [5.41, 5.74) is 4.94. The monoisotopic (exact) mass is 167 g/mol. The van der Waals surface area contributed by atoms with Gasteiger partial charge in [0.05, 0.1) is 6.26 Å². The molecule has 0 radical (unpaired) electrons. The molecule has 1 atom stereocenters. The molecule has 0 spiro atoms. The van der Waals surface area contributed by atoms with Crippen molar-refractivity contribution in [1.82, 2.24) is 0 Å². The summed E-state index contributed by atoms with van der Waals surface area (Å²) in [6.45, 7) is -0.254. The average molecular weight is 167 g/mol. The molecule has 0 aliphatic carbocycles. The highest BCUT2D eigenvalue weighted by Gasteiger charge is 2.17. The fourth-order valence-electron chi connectivity index (χ4n) is 0.395. The molecule has 0 aromatic rings. The SMILES string of the molecule is NCC(C=CO)S(=O)(=O)O. The predicted molar refractivity (Wildman–Crippen MR) is 36.2 cm³/mol. The summed E-state index contributed by atoms with van der Waals surface area (Å²) in [7, 11) is -4.15. The average Bonchev–Trinajstić information content (AvgIpc) is 1.80. The van der Waals surface area contributed by atoms with Crippen molar-refractivity contribution in [3.05, 3.63) is 12.3 Å². The Morgan fingerprint density at radius 3 is 2.20 bits per heavy atom. The van der Waals surface area contributed by atoms with Gasteiger partial charge in [-0.3, -0.25) is 4.55 Å². The van der Waals surface area contributed by atoms with Gasteiger partial charge >= 0.3 is 0 Å². The molecule has 60 valence electrons. The van der Waals surface area contributed by atoms with E-state index in [4.69, 9.17) is 15.4 Å². The van der Waals surface area contributed by atoms with Crippen molar-refractivity contribution in [2.75, 3.05) is 6.54 Å². The van der Waals surface area contributed by atoms with Crippen molar-refractivity contribution >= 4 is 10.1 Å². The van der Waals surface area contributed by atoms with Gasteiger partial charge < -0.3 is 10.8 Å². The number of nitrogens with two attached hydrogens (primary N) is 1. The van der Waals surface area contributed by atoms with E-state index in [0.717, 1.165) is 6.08 Å². The van der Waals surface area contributed by atoms with Crippen LogP contribution in [-0.2, 0) is 10.1 Å². The number of hydrogen-bond donors (Lipinski definition) is 3. The molecule has 4 N–H and O–H groups in total.